The van der Waals surface area contributed by atoms with Crippen molar-refractivity contribution in [3.63, 3.8) is 0 Å². The van der Waals surface area contributed by atoms with Crippen LogP contribution in [0.2, 0.25) is 0 Å². The fourth-order valence-electron chi connectivity index (χ4n) is 5.15. The Hall–Kier alpha value is -3.04. The monoisotopic (exact) mass is 508 g/mol. The van der Waals surface area contributed by atoms with Gasteiger partial charge in [0.2, 0.25) is 0 Å². The van der Waals surface area contributed by atoms with Crippen LogP contribution in [-0.4, -0.2) is 66.1 Å². The van der Waals surface area contributed by atoms with Gasteiger partial charge in [0.15, 0.2) is 0 Å². The first kappa shape index (κ1) is 24.6. The summed E-state index contributed by atoms with van der Waals surface area (Å²) < 4.78 is 30.1. The molecule has 7 nitrogen and oxygen atoms in total. The topological polar surface area (TPSA) is 68.0 Å². The van der Waals surface area contributed by atoms with Gasteiger partial charge < -0.3 is 10.2 Å². The molecule has 1 fully saturated rings. The summed E-state index contributed by atoms with van der Waals surface area (Å²) in [5.41, 5.74) is 4.93. The first-order valence-electron chi connectivity index (χ1n) is 12.5. The minimum atomic E-state index is -0.649. The maximum Gasteiger partial charge on any atom is 0.146 e. The molecule has 1 aromatic carbocycles. The lowest BCUT2D eigenvalue weighted by Gasteiger charge is -2.33. The molecule has 0 amide bonds. The van der Waals surface area contributed by atoms with Crippen molar-refractivity contribution in [1.82, 2.24) is 24.2 Å². The second-order valence-corrected chi connectivity index (χ2v) is 11.1. The number of aryl methyl sites for hydroxylation is 1. The molecule has 9 heteroatoms. The Morgan fingerprint density at radius 2 is 2.00 bits per heavy atom. The number of anilines is 1. The lowest BCUT2D eigenvalue weighted by atomic mass is 10.1. The summed E-state index contributed by atoms with van der Waals surface area (Å²) in [6.07, 6.45) is 8.87. The van der Waals surface area contributed by atoms with Crippen LogP contribution in [0.4, 0.5) is 10.1 Å². The van der Waals surface area contributed by atoms with Crippen molar-refractivity contribution in [2.24, 2.45) is 7.05 Å². The van der Waals surface area contributed by atoms with Gasteiger partial charge >= 0.3 is 0 Å². The SMILES string of the molecule is CCN(CCc1cn(-c2cnn(C)c2)c2nc(-c3ccc(NC)c(F)c3)ccc12)C1CCS(=O)CC1. The van der Waals surface area contributed by atoms with Gasteiger partial charge in [0.25, 0.3) is 0 Å². The third-order valence-electron chi connectivity index (χ3n) is 7.19. The number of benzene rings is 1. The fourth-order valence-corrected chi connectivity index (χ4v) is 6.42. The molecule has 1 N–H and O–H groups in total. The summed E-state index contributed by atoms with van der Waals surface area (Å²) in [6, 6.07) is 9.72. The van der Waals surface area contributed by atoms with E-state index >= 15 is 0 Å². The lowest BCUT2D eigenvalue weighted by molar-refractivity contribution is 0.196. The van der Waals surface area contributed by atoms with Crippen LogP contribution in [-0.2, 0) is 24.3 Å². The number of halogens is 1. The van der Waals surface area contributed by atoms with Crippen LogP contribution >= 0.6 is 0 Å². The Kier molecular flexibility index (Phi) is 7.20. The van der Waals surface area contributed by atoms with Crippen LogP contribution in [0.1, 0.15) is 25.3 Å². The molecule has 1 aliphatic rings. The van der Waals surface area contributed by atoms with E-state index in [1.165, 1.54) is 11.6 Å². The molecule has 3 aromatic heterocycles. The summed E-state index contributed by atoms with van der Waals surface area (Å²) in [4.78, 5) is 7.51. The minimum absolute atomic E-state index is 0.300. The molecule has 0 radical (unpaired) electrons. The maximum absolute atomic E-state index is 14.5. The molecule has 5 rings (SSSR count). The fraction of sp³-hybridized carbons (Fsp3) is 0.407. The van der Waals surface area contributed by atoms with Crippen molar-refractivity contribution >= 4 is 27.5 Å². The predicted octanol–water partition coefficient (Wildman–Crippen LogP) is 4.38. The minimum Gasteiger partial charge on any atom is -0.386 e. The molecule has 1 aliphatic heterocycles. The Morgan fingerprint density at radius 1 is 1.19 bits per heavy atom. The van der Waals surface area contributed by atoms with E-state index in [1.54, 1.807) is 17.8 Å². The van der Waals surface area contributed by atoms with Gasteiger partial charge in [-0.3, -0.25) is 13.5 Å². The number of fused-ring (bicyclic) bond motifs is 1. The Labute approximate surface area is 213 Å². The largest absolute Gasteiger partial charge is 0.386 e. The van der Waals surface area contributed by atoms with E-state index in [4.69, 9.17) is 4.98 Å². The van der Waals surface area contributed by atoms with Crippen molar-refractivity contribution in [1.29, 1.82) is 0 Å². The predicted molar refractivity (Wildman–Crippen MR) is 145 cm³/mol. The number of hydrogen-bond donors (Lipinski definition) is 1. The molecular weight excluding hydrogens is 475 g/mol. The molecule has 4 aromatic rings. The highest BCUT2D eigenvalue weighted by atomic mass is 32.2. The van der Waals surface area contributed by atoms with Crippen molar-refractivity contribution in [2.75, 3.05) is 37.0 Å². The zero-order chi connectivity index (χ0) is 25.2. The standard InChI is InChI=1S/C27H33FN6OS/c1-4-33(21-10-13-36(35)14-11-21)12-9-20-17-34(22-16-30-32(3)18-22)27-23(20)6-8-25(31-27)19-5-7-26(29-2)24(28)15-19/h5-8,15-18,21,29H,4,9-14H2,1-3H3. The van der Waals surface area contributed by atoms with Crippen LogP contribution < -0.4 is 5.32 Å². The summed E-state index contributed by atoms with van der Waals surface area (Å²) >= 11 is 0. The average Bonchev–Trinajstić information content (AvgIpc) is 3.48. The van der Waals surface area contributed by atoms with Crippen LogP contribution in [0.3, 0.4) is 0 Å². The quantitative estimate of drug-likeness (QED) is 0.383. The van der Waals surface area contributed by atoms with E-state index in [9.17, 15) is 8.60 Å². The number of likely N-dealkylation sites (N-methyl/N-ethyl adjacent to an activating group) is 1. The molecule has 0 unspecified atom stereocenters. The highest BCUT2D eigenvalue weighted by molar-refractivity contribution is 7.85. The molecule has 1 saturated heterocycles. The molecule has 0 saturated carbocycles. The average molecular weight is 509 g/mol. The van der Waals surface area contributed by atoms with Gasteiger partial charge in [-0.15, -0.1) is 0 Å². The zero-order valence-electron chi connectivity index (χ0n) is 21.1. The molecule has 0 spiro atoms. The van der Waals surface area contributed by atoms with Crippen molar-refractivity contribution < 1.29 is 8.60 Å². The molecule has 190 valence electrons. The van der Waals surface area contributed by atoms with Gasteiger partial charge in [-0.2, -0.15) is 5.10 Å². The third kappa shape index (κ3) is 4.95. The maximum atomic E-state index is 14.5. The molecular formula is C27H33FN6OS. The number of aromatic nitrogens is 4. The summed E-state index contributed by atoms with van der Waals surface area (Å²) in [5.74, 6) is 1.32. The smallest absolute Gasteiger partial charge is 0.146 e. The van der Waals surface area contributed by atoms with E-state index in [1.807, 2.05) is 31.6 Å². The molecule has 0 atom stereocenters. The first-order valence-corrected chi connectivity index (χ1v) is 14.0. The van der Waals surface area contributed by atoms with Gasteiger partial charge in [-0.25, -0.2) is 9.37 Å². The molecule has 0 bridgehead atoms. The normalized spacial score (nSPS) is 18.2. The van der Waals surface area contributed by atoms with E-state index in [-0.39, 0.29) is 5.82 Å². The van der Waals surface area contributed by atoms with E-state index in [0.29, 0.717) is 11.7 Å². The molecule has 4 heterocycles. The summed E-state index contributed by atoms with van der Waals surface area (Å²) in [5, 5.41) is 8.31. The van der Waals surface area contributed by atoms with Crippen LogP contribution in [0.25, 0.3) is 28.0 Å². The van der Waals surface area contributed by atoms with Crippen molar-refractivity contribution in [2.45, 2.75) is 32.2 Å². The van der Waals surface area contributed by atoms with Crippen LogP contribution in [0.5, 0.6) is 0 Å². The van der Waals surface area contributed by atoms with Gasteiger partial charge in [-0.05, 0) is 55.6 Å². The van der Waals surface area contributed by atoms with Crippen molar-refractivity contribution in [3.8, 4) is 16.9 Å². The van der Waals surface area contributed by atoms with Gasteiger partial charge in [-0.1, -0.05) is 13.0 Å². The first-order chi connectivity index (χ1) is 17.5. The van der Waals surface area contributed by atoms with Gasteiger partial charge in [0.05, 0.1) is 23.3 Å². The number of hydrogen-bond acceptors (Lipinski definition) is 5. The number of nitrogens with one attached hydrogen (secondary N) is 1. The third-order valence-corrected chi connectivity index (χ3v) is 8.57. The summed E-state index contributed by atoms with van der Waals surface area (Å²) in [6.45, 7) is 4.13. The summed E-state index contributed by atoms with van der Waals surface area (Å²) in [7, 11) is 2.96. The number of pyridine rings is 1. The molecule has 36 heavy (non-hydrogen) atoms. The Bertz CT molecular complexity index is 1390. The lowest BCUT2D eigenvalue weighted by Crippen LogP contribution is -2.41. The second kappa shape index (κ2) is 10.5. The molecule has 0 aliphatic carbocycles. The number of rotatable bonds is 8. The Balaban J connectivity index is 1.49. The van der Waals surface area contributed by atoms with Crippen LogP contribution in [0.15, 0.2) is 48.9 Å². The Morgan fingerprint density at radius 3 is 2.67 bits per heavy atom. The van der Waals surface area contributed by atoms with Gasteiger partial charge in [0, 0.05) is 72.3 Å². The van der Waals surface area contributed by atoms with E-state index < -0.39 is 10.8 Å². The van der Waals surface area contributed by atoms with Crippen LogP contribution in [0, 0.1) is 5.82 Å². The zero-order valence-corrected chi connectivity index (χ0v) is 21.9. The highest BCUT2D eigenvalue weighted by Gasteiger charge is 2.23. The number of nitrogens with zero attached hydrogens (tertiary/aromatic N) is 5. The van der Waals surface area contributed by atoms with Crippen molar-refractivity contribution in [3.05, 3.63) is 60.3 Å². The van der Waals surface area contributed by atoms with E-state index in [2.05, 4.69) is 39.1 Å². The van der Waals surface area contributed by atoms with E-state index in [0.717, 1.165) is 71.8 Å². The highest BCUT2D eigenvalue weighted by Crippen LogP contribution is 2.29. The van der Waals surface area contributed by atoms with Gasteiger partial charge in [0.1, 0.15) is 11.5 Å². The second-order valence-electron chi connectivity index (χ2n) is 9.37.